The minimum atomic E-state index is -1.46. The number of carbonyl (C=O) groups is 8. The first-order chi connectivity index (χ1) is 25.3. The number of para-hydroxylation sites is 1. The van der Waals surface area contributed by atoms with Crippen molar-refractivity contribution in [3.63, 3.8) is 0 Å². The number of aliphatic hydroxyl groups is 1. The Morgan fingerprint density at radius 2 is 1.39 bits per heavy atom. The van der Waals surface area contributed by atoms with Crippen LogP contribution < -0.4 is 26.6 Å². The quantitative estimate of drug-likeness (QED) is 0.228. The molecule has 0 spiro atoms. The lowest BCUT2D eigenvalue weighted by molar-refractivity contribution is -0.138. The number of hydrogen-bond donors (Lipinski definition) is 7. The van der Waals surface area contributed by atoms with E-state index in [-0.39, 0.29) is 37.2 Å². The summed E-state index contributed by atoms with van der Waals surface area (Å²) in [7, 11) is 0. The highest BCUT2D eigenvalue weighted by atomic mass is 32.2. The minimum absolute atomic E-state index is 0.00361. The van der Waals surface area contributed by atoms with Crippen molar-refractivity contribution in [1.29, 1.82) is 0 Å². The lowest BCUT2D eigenvalue weighted by Crippen LogP contribution is -2.59. The van der Waals surface area contributed by atoms with E-state index in [1.54, 1.807) is 0 Å². The lowest BCUT2D eigenvalue weighted by Gasteiger charge is -2.30. The van der Waals surface area contributed by atoms with Crippen LogP contribution in [0.15, 0.2) is 29.3 Å². The number of nitrogens with one attached hydrogen (secondary N) is 6. The molecule has 2 bridgehead atoms. The zero-order chi connectivity index (χ0) is 39.6. The molecule has 0 saturated heterocycles. The Bertz CT molecular complexity index is 1850. The summed E-state index contributed by atoms with van der Waals surface area (Å²) in [6, 6.07) is 1.05. The SMILES string of the molecule is CC1NC(=O)C(CC(C)(C)C)NC(=O)C2Cc3c([nH]c4ccccc34)SCC(CC(=O)C(C(C)O)NC1=O)C(=O)C1CC(=O)CC1C(=O)NC(C)C(=O)N2. The van der Waals surface area contributed by atoms with Gasteiger partial charge in [0.15, 0.2) is 5.78 Å². The van der Waals surface area contributed by atoms with Crippen LogP contribution in [-0.2, 0) is 44.8 Å². The van der Waals surface area contributed by atoms with Crippen LogP contribution in [0.5, 0.6) is 0 Å². The summed E-state index contributed by atoms with van der Waals surface area (Å²) in [5.74, 6) is -8.28. The van der Waals surface area contributed by atoms with Gasteiger partial charge in [0.05, 0.1) is 17.0 Å². The van der Waals surface area contributed by atoms with Gasteiger partial charge in [0.1, 0.15) is 41.8 Å². The predicted molar refractivity (Wildman–Crippen MR) is 199 cm³/mol. The molecule has 7 N–H and O–H groups in total. The molecule has 5 amide bonds. The van der Waals surface area contributed by atoms with Crippen LogP contribution in [0.3, 0.4) is 0 Å². The number of thioether (sulfide) groups is 1. The standard InChI is InChI=1S/C38H50N6O9S/c1-17-32(49)41-27-14-25-22-9-7-8-10-26(22)43-37(25)54-16-20(31(48)23-12-21(46)13-24(23)34(51)39-17)11-29(47)30(19(3)45)44-33(50)18(2)40-36(53)28(42-35(27)52)15-38(4,5)6/h7-10,17-20,23-24,27-28,30,43,45H,11-16H2,1-6H3,(H,39,51)(H,40,53)(H,41,49)(H,42,52)(H,44,50). The fourth-order valence-corrected chi connectivity index (χ4v) is 8.55. The van der Waals surface area contributed by atoms with Gasteiger partial charge in [-0.05, 0) is 44.2 Å². The molecule has 54 heavy (non-hydrogen) atoms. The van der Waals surface area contributed by atoms with Gasteiger partial charge in [-0.1, -0.05) is 39.0 Å². The second-order valence-corrected chi connectivity index (χ2v) is 17.0. The average Bonchev–Trinajstić information content (AvgIpc) is 3.65. The molecular weight excluding hydrogens is 717 g/mol. The normalized spacial score (nSPS) is 30.4. The monoisotopic (exact) mass is 766 g/mol. The molecule has 2 aromatic rings. The number of H-pyrrole nitrogens is 1. The smallest absolute Gasteiger partial charge is 0.243 e. The fourth-order valence-electron chi connectivity index (χ4n) is 7.35. The number of rotatable bonds is 2. The number of benzene rings is 1. The Morgan fingerprint density at radius 1 is 0.759 bits per heavy atom. The maximum atomic E-state index is 14.4. The third-order valence-electron chi connectivity index (χ3n) is 10.3. The van der Waals surface area contributed by atoms with Crippen molar-refractivity contribution in [2.24, 2.45) is 23.2 Å². The highest BCUT2D eigenvalue weighted by Gasteiger charge is 2.46. The largest absolute Gasteiger partial charge is 0.391 e. The molecule has 3 heterocycles. The Labute approximate surface area is 317 Å². The number of hydrogen-bond acceptors (Lipinski definition) is 10. The minimum Gasteiger partial charge on any atom is -0.391 e. The van der Waals surface area contributed by atoms with Crippen molar-refractivity contribution < 1.29 is 43.5 Å². The fraction of sp³-hybridized carbons (Fsp3) is 0.579. The molecule has 1 aromatic heterocycles. The van der Waals surface area contributed by atoms with Crippen molar-refractivity contribution in [2.45, 2.75) is 115 Å². The summed E-state index contributed by atoms with van der Waals surface area (Å²) in [6.07, 6.45) is -2.20. The molecule has 1 aliphatic carbocycles. The summed E-state index contributed by atoms with van der Waals surface area (Å²) < 4.78 is 0. The van der Waals surface area contributed by atoms with Crippen molar-refractivity contribution in [1.82, 2.24) is 31.6 Å². The molecule has 3 aliphatic rings. The number of ketones is 3. The van der Waals surface area contributed by atoms with E-state index in [2.05, 4.69) is 31.6 Å². The number of amides is 5. The van der Waals surface area contributed by atoms with Gasteiger partial charge in [-0.3, -0.25) is 38.4 Å². The third kappa shape index (κ3) is 9.38. The van der Waals surface area contributed by atoms with Gasteiger partial charge in [0.25, 0.3) is 0 Å². The molecule has 1 aromatic carbocycles. The first-order valence-electron chi connectivity index (χ1n) is 18.3. The molecule has 1 fully saturated rings. The van der Waals surface area contributed by atoms with E-state index in [4.69, 9.17) is 0 Å². The van der Waals surface area contributed by atoms with Crippen LogP contribution in [0, 0.1) is 23.2 Å². The van der Waals surface area contributed by atoms with Crippen LogP contribution in [0.2, 0.25) is 0 Å². The van der Waals surface area contributed by atoms with E-state index in [1.807, 2.05) is 45.0 Å². The van der Waals surface area contributed by atoms with Gasteiger partial charge < -0.3 is 36.7 Å². The van der Waals surface area contributed by atoms with Crippen LogP contribution in [0.25, 0.3) is 10.9 Å². The van der Waals surface area contributed by atoms with Gasteiger partial charge in [-0.25, -0.2) is 0 Å². The summed E-state index contributed by atoms with van der Waals surface area (Å²) in [5.41, 5.74) is 0.860. The third-order valence-corrected chi connectivity index (χ3v) is 11.5. The molecule has 16 heteroatoms. The van der Waals surface area contributed by atoms with E-state index >= 15 is 0 Å². The highest BCUT2D eigenvalue weighted by Crippen LogP contribution is 2.37. The maximum Gasteiger partial charge on any atom is 0.243 e. The Morgan fingerprint density at radius 3 is 2.06 bits per heavy atom. The van der Waals surface area contributed by atoms with Gasteiger partial charge in [0.2, 0.25) is 29.5 Å². The van der Waals surface area contributed by atoms with E-state index in [1.165, 1.54) is 32.5 Å². The molecule has 5 rings (SSSR count). The van der Waals surface area contributed by atoms with Gasteiger partial charge >= 0.3 is 0 Å². The van der Waals surface area contributed by atoms with Crippen LogP contribution in [0.4, 0.5) is 0 Å². The van der Waals surface area contributed by atoms with Gasteiger partial charge in [-0.15, -0.1) is 11.8 Å². The summed E-state index contributed by atoms with van der Waals surface area (Å²) in [5, 5.41) is 25.3. The molecule has 0 radical (unpaired) electrons. The zero-order valence-corrected chi connectivity index (χ0v) is 32.2. The second-order valence-electron chi connectivity index (χ2n) is 16.0. The molecule has 2 aliphatic heterocycles. The van der Waals surface area contributed by atoms with Crippen molar-refractivity contribution in [2.75, 3.05) is 5.75 Å². The van der Waals surface area contributed by atoms with Crippen LogP contribution in [-0.4, -0.2) is 99.0 Å². The van der Waals surface area contributed by atoms with Gasteiger partial charge in [0, 0.05) is 54.2 Å². The maximum absolute atomic E-state index is 14.4. The van der Waals surface area contributed by atoms with Crippen molar-refractivity contribution in [3.8, 4) is 0 Å². The predicted octanol–water partition coefficient (Wildman–Crippen LogP) is 0.850. The highest BCUT2D eigenvalue weighted by molar-refractivity contribution is 7.99. The Kier molecular flexibility index (Phi) is 12.4. The number of Topliss-reactive ketones (excluding diaryl/α,β-unsaturated/α-hetero) is 3. The van der Waals surface area contributed by atoms with Crippen LogP contribution >= 0.6 is 11.8 Å². The first-order valence-corrected chi connectivity index (χ1v) is 19.3. The summed E-state index contributed by atoms with van der Waals surface area (Å²) >= 11 is 1.21. The average molecular weight is 767 g/mol. The molecule has 292 valence electrons. The van der Waals surface area contributed by atoms with E-state index in [9.17, 15) is 43.5 Å². The van der Waals surface area contributed by atoms with Gasteiger partial charge in [-0.2, -0.15) is 0 Å². The van der Waals surface area contributed by atoms with Crippen molar-refractivity contribution in [3.05, 3.63) is 29.8 Å². The number of fused-ring (bicyclic) bond motifs is 5. The molecule has 1 saturated carbocycles. The van der Waals surface area contributed by atoms with Crippen molar-refractivity contribution >= 4 is 69.6 Å². The molecule has 9 unspecified atom stereocenters. The van der Waals surface area contributed by atoms with E-state index < -0.39 is 107 Å². The first kappa shape index (κ1) is 40.6. The summed E-state index contributed by atoms with van der Waals surface area (Å²) in [6.45, 7) is 9.76. The molecular formula is C38H50N6O9S. The second kappa shape index (κ2) is 16.4. The van der Waals surface area contributed by atoms with Crippen LogP contribution in [0.1, 0.15) is 72.8 Å². The van der Waals surface area contributed by atoms with E-state index in [0.29, 0.717) is 16.1 Å². The molecule has 15 nitrogen and oxygen atoms in total. The topological polar surface area (TPSA) is 233 Å². The Hall–Kier alpha value is -4.57. The summed E-state index contributed by atoms with van der Waals surface area (Å²) in [4.78, 5) is 113. The molecule has 9 atom stereocenters. The number of aromatic amines is 1. The number of carbonyl (C=O) groups excluding carboxylic acids is 8. The lowest BCUT2D eigenvalue weighted by atomic mass is 9.82. The van der Waals surface area contributed by atoms with E-state index in [0.717, 1.165) is 5.39 Å². The number of aliphatic hydroxyl groups excluding tert-OH is 1. The number of aromatic nitrogens is 1. The zero-order valence-electron chi connectivity index (χ0n) is 31.4. The Balaban J connectivity index is 1.69.